The van der Waals surface area contributed by atoms with Gasteiger partial charge in [0.05, 0.1) is 11.1 Å². The van der Waals surface area contributed by atoms with E-state index in [4.69, 9.17) is 4.74 Å². The second kappa shape index (κ2) is 6.98. The number of rotatable bonds is 4. The molecule has 25 heavy (non-hydrogen) atoms. The number of amides is 2. The molecule has 0 saturated heterocycles. The standard InChI is InChI=1S/C21H23NO3/c1-6-8-14-21(15-9-7-2)16-12-10-11-13-17(16)22(18(21)23)19(24)25-20(3,4)5/h8-13H,1-2,14-15H2,3-5H3. The topological polar surface area (TPSA) is 46.6 Å². The van der Waals surface area contributed by atoms with E-state index in [0.29, 0.717) is 18.5 Å². The minimum Gasteiger partial charge on any atom is -0.443 e. The molecule has 0 atom stereocenters. The van der Waals surface area contributed by atoms with E-state index in [1.807, 2.05) is 12.1 Å². The molecule has 0 N–H and O–H groups in total. The van der Waals surface area contributed by atoms with Gasteiger partial charge in [0.1, 0.15) is 5.60 Å². The predicted octanol–water partition coefficient (Wildman–Crippen LogP) is 4.67. The average molecular weight is 337 g/mol. The van der Waals surface area contributed by atoms with Crippen LogP contribution in [0.1, 0.15) is 39.2 Å². The normalized spacial score (nSPS) is 18.8. The fraction of sp³-hybridized carbons (Fsp3) is 0.333. The third-order valence-electron chi connectivity index (χ3n) is 4.04. The second-order valence-electron chi connectivity index (χ2n) is 6.94. The van der Waals surface area contributed by atoms with Gasteiger partial charge < -0.3 is 4.74 Å². The van der Waals surface area contributed by atoms with Crippen LogP contribution in [0, 0.1) is 0 Å². The molecule has 1 heterocycles. The molecule has 2 rings (SSSR count). The highest BCUT2D eigenvalue weighted by molar-refractivity contribution is 6.21. The Morgan fingerprint density at radius 2 is 1.76 bits per heavy atom. The van der Waals surface area contributed by atoms with Gasteiger partial charge in [-0.15, -0.1) is 11.5 Å². The van der Waals surface area contributed by atoms with Crippen molar-refractivity contribution < 1.29 is 14.3 Å². The molecule has 1 aliphatic heterocycles. The zero-order valence-electron chi connectivity index (χ0n) is 15.0. The number of allylic oxidation sites excluding steroid dienone is 2. The Bertz CT molecular complexity index is 768. The number of fused-ring (bicyclic) bond motifs is 1. The third-order valence-corrected chi connectivity index (χ3v) is 4.04. The molecule has 0 saturated carbocycles. The van der Waals surface area contributed by atoms with E-state index >= 15 is 0 Å². The van der Waals surface area contributed by atoms with Crippen LogP contribution in [0.2, 0.25) is 0 Å². The molecule has 130 valence electrons. The molecule has 2 amide bonds. The van der Waals surface area contributed by atoms with Gasteiger partial charge in [-0.3, -0.25) is 4.79 Å². The van der Waals surface area contributed by atoms with Gasteiger partial charge in [0.15, 0.2) is 0 Å². The van der Waals surface area contributed by atoms with Crippen LogP contribution in [0.3, 0.4) is 0 Å². The molecule has 0 fully saturated rings. The SMILES string of the molecule is C=C=CCC1(CC=C=C)C(=O)N(C(=O)OC(C)(C)C)c2ccccc21. The van der Waals surface area contributed by atoms with Crippen LogP contribution in [-0.2, 0) is 14.9 Å². The smallest absolute Gasteiger partial charge is 0.421 e. The fourth-order valence-electron chi connectivity index (χ4n) is 2.97. The van der Waals surface area contributed by atoms with Crippen LogP contribution in [0.15, 0.2) is 61.0 Å². The number of nitrogens with zero attached hydrogens (tertiary/aromatic N) is 1. The van der Waals surface area contributed by atoms with Gasteiger partial charge in [0.25, 0.3) is 0 Å². The third kappa shape index (κ3) is 3.51. The Hall–Kier alpha value is -2.80. The van der Waals surface area contributed by atoms with E-state index in [9.17, 15) is 9.59 Å². The Morgan fingerprint density at radius 1 is 1.20 bits per heavy atom. The first-order chi connectivity index (χ1) is 11.8. The number of hydrogen-bond acceptors (Lipinski definition) is 3. The van der Waals surface area contributed by atoms with Crippen molar-refractivity contribution in [2.75, 3.05) is 4.90 Å². The minimum atomic E-state index is -0.914. The van der Waals surface area contributed by atoms with Gasteiger partial charge in [-0.05, 0) is 57.4 Å². The number of anilines is 1. The highest BCUT2D eigenvalue weighted by atomic mass is 16.6. The van der Waals surface area contributed by atoms with Gasteiger partial charge in [-0.1, -0.05) is 31.4 Å². The van der Waals surface area contributed by atoms with Crippen molar-refractivity contribution in [1.29, 1.82) is 0 Å². The zero-order chi connectivity index (χ0) is 18.7. The predicted molar refractivity (Wildman–Crippen MR) is 98.5 cm³/mol. The lowest BCUT2D eigenvalue weighted by Gasteiger charge is -2.27. The van der Waals surface area contributed by atoms with Crippen LogP contribution < -0.4 is 4.90 Å². The lowest BCUT2D eigenvalue weighted by atomic mass is 9.76. The van der Waals surface area contributed by atoms with Crippen molar-refractivity contribution in [3.05, 3.63) is 66.6 Å². The van der Waals surface area contributed by atoms with E-state index < -0.39 is 17.1 Å². The molecule has 0 aliphatic carbocycles. The Balaban J connectivity index is 2.59. The largest absolute Gasteiger partial charge is 0.443 e. The number of para-hydroxylation sites is 1. The maximum Gasteiger partial charge on any atom is 0.421 e. The Morgan fingerprint density at radius 3 is 2.28 bits per heavy atom. The average Bonchev–Trinajstić information content (AvgIpc) is 2.78. The number of imide groups is 1. The van der Waals surface area contributed by atoms with Crippen LogP contribution >= 0.6 is 0 Å². The van der Waals surface area contributed by atoms with E-state index in [1.54, 1.807) is 45.1 Å². The van der Waals surface area contributed by atoms with Gasteiger partial charge in [-0.2, -0.15) is 0 Å². The fourth-order valence-corrected chi connectivity index (χ4v) is 2.97. The van der Waals surface area contributed by atoms with Crippen molar-refractivity contribution in [2.45, 2.75) is 44.6 Å². The quantitative estimate of drug-likeness (QED) is 0.750. The summed E-state index contributed by atoms with van der Waals surface area (Å²) in [6.07, 6.45) is 3.51. The number of benzene rings is 1. The van der Waals surface area contributed by atoms with Crippen molar-refractivity contribution in [3.63, 3.8) is 0 Å². The summed E-state index contributed by atoms with van der Waals surface area (Å²) >= 11 is 0. The molecule has 0 radical (unpaired) electrons. The summed E-state index contributed by atoms with van der Waals surface area (Å²) in [5, 5.41) is 0. The van der Waals surface area contributed by atoms with Crippen molar-refractivity contribution in [2.24, 2.45) is 0 Å². The number of ether oxygens (including phenoxy) is 1. The molecule has 1 aromatic rings. The lowest BCUT2D eigenvalue weighted by molar-refractivity contribution is -0.122. The highest BCUT2D eigenvalue weighted by Gasteiger charge is 2.52. The summed E-state index contributed by atoms with van der Waals surface area (Å²) in [5.41, 5.74) is 5.16. The van der Waals surface area contributed by atoms with Crippen molar-refractivity contribution >= 4 is 17.7 Å². The Kier molecular flexibility index (Phi) is 5.18. The number of carbonyl (C=O) groups is 2. The summed E-state index contributed by atoms with van der Waals surface area (Å²) in [6.45, 7) is 12.5. The van der Waals surface area contributed by atoms with Crippen molar-refractivity contribution in [3.8, 4) is 0 Å². The number of carbonyl (C=O) groups excluding carboxylic acids is 2. The number of hydrogen-bond donors (Lipinski definition) is 0. The maximum atomic E-state index is 13.3. The molecule has 0 bridgehead atoms. The van der Waals surface area contributed by atoms with E-state index in [1.165, 1.54) is 0 Å². The highest BCUT2D eigenvalue weighted by Crippen LogP contribution is 2.47. The van der Waals surface area contributed by atoms with E-state index in [0.717, 1.165) is 10.5 Å². The molecule has 0 unspecified atom stereocenters. The first-order valence-corrected chi connectivity index (χ1v) is 8.12. The molecule has 1 aliphatic rings. The zero-order valence-corrected chi connectivity index (χ0v) is 15.0. The van der Waals surface area contributed by atoms with Gasteiger partial charge in [-0.25, -0.2) is 9.69 Å². The summed E-state index contributed by atoms with van der Waals surface area (Å²) < 4.78 is 5.44. The Labute approximate surface area is 148 Å². The maximum absolute atomic E-state index is 13.3. The van der Waals surface area contributed by atoms with Gasteiger partial charge in [0.2, 0.25) is 5.91 Å². The molecule has 0 aromatic heterocycles. The monoisotopic (exact) mass is 337 g/mol. The summed E-state index contributed by atoms with van der Waals surface area (Å²) in [6, 6.07) is 7.28. The summed E-state index contributed by atoms with van der Waals surface area (Å²) in [5.74, 6) is -0.319. The van der Waals surface area contributed by atoms with Crippen LogP contribution in [-0.4, -0.2) is 17.6 Å². The van der Waals surface area contributed by atoms with Crippen LogP contribution in [0.5, 0.6) is 0 Å². The first-order valence-electron chi connectivity index (χ1n) is 8.12. The first kappa shape index (κ1) is 18.5. The van der Waals surface area contributed by atoms with E-state index in [2.05, 4.69) is 24.6 Å². The van der Waals surface area contributed by atoms with Crippen LogP contribution in [0.25, 0.3) is 0 Å². The van der Waals surface area contributed by atoms with Gasteiger partial charge >= 0.3 is 6.09 Å². The summed E-state index contributed by atoms with van der Waals surface area (Å²) in [4.78, 5) is 27.1. The van der Waals surface area contributed by atoms with Crippen molar-refractivity contribution in [1.82, 2.24) is 0 Å². The molecule has 1 aromatic carbocycles. The molecular weight excluding hydrogens is 314 g/mol. The second-order valence-corrected chi connectivity index (χ2v) is 6.94. The molecular formula is C21H23NO3. The van der Waals surface area contributed by atoms with E-state index in [-0.39, 0.29) is 5.91 Å². The molecule has 4 heteroatoms. The minimum absolute atomic E-state index is 0.319. The lowest BCUT2D eigenvalue weighted by Crippen LogP contribution is -2.45. The van der Waals surface area contributed by atoms with Gasteiger partial charge in [0, 0.05) is 0 Å². The molecule has 0 spiro atoms. The summed E-state index contributed by atoms with van der Waals surface area (Å²) in [7, 11) is 0. The van der Waals surface area contributed by atoms with Crippen LogP contribution in [0.4, 0.5) is 10.5 Å². The molecule has 4 nitrogen and oxygen atoms in total.